The number of rotatable bonds is 5. The van der Waals surface area contributed by atoms with Crippen LogP contribution in [0.25, 0.3) is 11.4 Å². The minimum Gasteiger partial charge on any atom is -0.451 e. The fraction of sp³-hybridized carbons (Fsp3) is 0.444. The number of hydrogen-bond acceptors (Lipinski definition) is 8. The number of ether oxygens (including phenoxy) is 1. The first kappa shape index (κ1) is 18.7. The number of carbonyl (C=O) groups is 1. The van der Waals surface area contributed by atoms with Gasteiger partial charge in [0.15, 0.2) is 18.5 Å². The predicted octanol–water partition coefficient (Wildman–Crippen LogP) is 2.63. The highest BCUT2D eigenvalue weighted by atomic mass is 16.6. The molecular formula is C18H22N6O3. The van der Waals surface area contributed by atoms with E-state index in [4.69, 9.17) is 9.26 Å². The SMILES string of the molecule is Cc1ccc(-c2nnn(CC(=O)OC(C)c3nc(C(C)(C)C)no3)n2)cc1. The van der Waals surface area contributed by atoms with Crippen LogP contribution in [0.3, 0.4) is 0 Å². The van der Waals surface area contributed by atoms with Crippen molar-refractivity contribution >= 4 is 5.97 Å². The highest BCUT2D eigenvalue weighted by molar-refractivity contribution is 5.69. The van der Waals surface area contributed by atoms with E-state index in [1.165, 1.54) is 4.80 Å². The number of benzene rings is 1. The fourth-order valence-corrected chi connectivity index (χ4v) is 2.23. The number of nitrogens with zero attached hydrogens (tertiary/aromatic N) is 6. The number of tetrazole rings is 1. The average molecular weight is 370 g/mol. The Bertz CT molecular complexity index is 923. The average Bonchev–Trinajstić information content (AvgIpc) is 3.24. The van der Waals surface area contributed by atoms with E-state index in [0.29, 0.717) is 11.6 Å². The maximum atomic E-state index is 12.1. The topological polar surface area (TPSA) is 109 Å². The lowest BCUT2D eigenvalue weighted by molar-refractivity contribution is -0.151. The summed E-state index contributed by atoms with van der Waals surface area (Å²) in [6.45, 7) is 9.42. The number of carbonyl (C=O) groups excluding carboxylic acids is 1. The molecule has 9 nitrogen and oxygen atoms in total. The molecule has 27 heavy (non-hydrogen) atoms. The normalized spacial score (nSPS) is 12.8. The van der Waals surface area contributed by atoms with Crippen LogP contribution in [-0.4, -0.2) is 36.3 Å². The highest BCUT2D eigenvalue weighted by Gasteiger charge is 2.25. The monoisotopic (exact) mass is 370 g/mol. The molecule has 142 valence electrons. The van der Waals surface area contributed by atoms with Crippen molar-refractivity contribution in [2.75, 3.05) is 0 Å². The molecule has 0 saturated carbocycles. The van der Waals surface area contributed by atoms with Crippen molar-refractivity contribution in [3.05, 3.63) is 41.5 Å². The van der Waals surface area contributed by atoms with Crippen molar-refractivity contribution in [1.29, 1.82) is 0 Å². The van der Waals surface area contributed by atoms with Crippen molar-refractivity contribution in [3.63, 3.8) is 0 Å². The predicted molar refractivity (Wildman–Crippen MR) is 95.5 cm³/mol. The third kappa shape index (κ3) is 4.55. The lowest BCUT2D eigenvalue weighted by atomic mass is 9.96. The molecule has 3 rings (SSSR count). The van der Waals surface area contributed by atoms with Gasteiger partial charge in [-0.25, -0.2) is 4.79 Å². The summed E-state index contributed by atoms with van der Waals surface area (Å²) in [5, 5.41) is 16.0. The lowest BCUT2D eigenvalue weighted by Crippen LogP contribution is -2.18. The van der Waals surface area contributed by atoms with Crippen LogP contribution in [0.1, 0.15) is 51.1 Å². The van der Waals surface area contributed by atoms with Gasteiger partial charge in [-0.05, 0) is 19.1 Å². The Morgan fingerprint density at radius 2 is 1.96 bits per heavy atom. The van der Waals surface area contributed by atoms with Crippen LogP contribution in [0.5, 0.6) is 0 Å². The molecule has 2 heterocycles. The van der Waals surface area contributed by atoms with Crippen LogP contribution < -0.4 is 0 Å². The Kier molecular flexibility index (Phi) is 5.02. The molecule has 2 aromatic heterocycles. The van der Waals surface area contributed by atoms with E-state index in [2.05, 4.69) is 25.6 Å². The van der Waals surface area contributed by atoms with Gasteiger partial charge < -0.3 is 9.26 Å². The molecule has 1 aromatic carbocycles. The molecule has 0 radical (unpaired) electrons. The molecule has 1 unspecified atom stereocenters. The first-order valence-corrected chi connectivity index (χ1v) is 8.61. The first-order chi connectivity index (χ1) is 12.7. The third-order valence-electron chi connectivity index (χ3n) is 3.80. The zero-order valence-electron chi connectivity index (χ0n) is 16.0. The zero-order chi connectivity index (χ0) is 19.6. The van der Waals surface area contributed by atoms with E-state index in [0.717, 1.165) is 11.1 Å². The molecule has 0 aliphatic heterocycles. The molecule has 0 aliphatic carbocycles. The molecule has 0 aliphatic rings. The van der Waals surface area contributed by atoms with Gasteiger partial charge in [-0.2, -0.15) is 9.78 Å². The summed E-state index contributed by atoms with van der Waals surface area (Å²) in [4.78, 5) is 17.6. The van der Waals surface area contributed by atoms with Gasteiger partial charge in [0.1, 0.15) is 0 Å². The summed E-state index contributed by atoms with van der Waals surface area (Å²) >= 11 is 0. The van der Waals surface area contributed by atoms with Crippen LogP contribution >= 0.6 is 0 Å². The Hall–Kier alpha value is -3.10. The minimum atomic E-state index is -0.666. The second kappa shape index (κ2) is 7.26. The molecule has 9 heteroatoms. The van der Waals surface area contributed by atoms with E-state index in [-0.39, 0.29) is 17.9 Å². The summed E-state index contributed by atoms with van der Waals surface area (Å²) in [5.41, 5.74) is 1.72. The van der Waals surface area contributed by atoms with Crippen molar-refractivity contribution in [2.24, 2.45) is 0 Å². The van der Waals surface area contributed by atoms with Gasteiger partial charge in [-0.15, -0.1) is 10.2 Å². The molecule has 0 N–H and O–H groups in total. The van der Waals surface area contributed by atoms with Crippen molar-refractivity contribution in [1.82, 2.24) is 30.3 Å². The number of esters is 1. The van der Waals surface area contributed by atoms with Crippen LogP contribution in [0, 0.1) is 6.92 Å². The lowest BCUT2D eigenvalue weighted by Gasteiger charge is -2.11. The van der Waals surface area contributed by atoms with Crippen molar-refractivity contribution in [3.8, 4) is 11.4 Å². The van der Waals surface area contributed by atoms with Crippen LogP contribution in [0.4, 0.5) is 0 Å². The molecule has 0 saturated heterocycles. The van der Waals surface area contributed by atoms with Crippen LogP contribution in [0.15, 0.2) is 28.8 Å². The van der Waals surface area contributed by atoms with Gasteiger partial charge >= 0.3 is 5.97 Å². The molecule has 0 amide bonds. The van der Waals surface area contributed by atoms with Crippen molar-refractivity contribution < 1.29 is 14.1 Å². The van der Waals surface area contributed by atoms with Gasteiger partial charge in [0, 0.05) is 11.0 Å². The second-order valence-corrected chi connectivity index (χ2v) is 7.35. The number of aromatic nitrogens is 6. The Balaban J connectivity index is 1.61. The smallest absolute Gasteiger partial charge is 0.330 e. The Morgan fingerprint density at radius 3 is 2.59 bits per heavy atom. The quantitative estimate of drug-likeness (QED) is 0.631. The maximum Gasteiger partial charge on any atom is 0.330 e. The number of aryl methyl sites for hydroxylation is 1. The molecule has 0 bridgehead atoms. The molecule has 3 aromatic rings. The van der Waals surface area contributed by atoms with Crippen LogP contribution in [-0.2, 0) is 21.5 Å². The zero-order valence-corrected chi connectivity index (χ0v) is 16.0. The highest BCUT2D eigenvalue weighted by Crippen LogP contribution is 2.22. The molecule has 1 atom stereocenters. The summed E-state index contributed by atoms with van der Waals surface area (Å²) in [7, 11) is 0. The van der Waals surface area contributed by atoms with E-state index in [1.54, 1.807) is 6.92 Å². The summed E-state index contributed by atoms with van der Waals surface area (Å²) < 4.78 is 10.5. The largest absolute Gasteiger partial charge is 0.451 e. The first-order valence-electron chi connectivity index (χ1n) is 8.61. The minimum absolute atomic E-state index is 0.163. The fourth-order valence-electron chi connectivity index (χ4n) is 2.23. The summed E-state index contributed by atoms with van der Waals surface area (Å²) in [6.07, 6.45) is -0.666. The van der Waals surface area contributed by atoms with Gasteiger partial charge in [0.2, 0.25) is 5.82 Å². The Morgan fingerprint density at radius 1 is 1.26 bits per heavy atom. The van der Waals surface area contributed by atoms with E-state index >= 15 is 0 Å². The summed E-state index contributed by atoms with van der Waals surface area (Å²) in [6, 6.07) is 7.73. The van der Waals surface area contributed by atoms with Crippen LogP contribution in [0.2, 0.25) is 0 Å². The standard InChI is InChI=1S/C18H22N6O3/c1-11-6-8-13(9-7-11)15-20-23-24(21-15)10-14(25)26-12(2)16-19-17(22-27-16)18(3,4)5/h6-9,12H,10H2,1-5H3. The van der Waals surface area contributed by atoms with Gasteiger partial charge in [-0.3, -0.25) is 0 Å². The summed E-state index contributed by atoms with van der Waals surface area (Å²) in [5.74, 6) is 0.731. The van der Waals surface area contributed by atoms with Gasteiger partial charge in [0.25, 0.3) is 5.89 Å². The van der Waals surface area contributed by atoms with E-state index < -0.39 is 12.1 Å². The number of hydrogen-bond donors (Lipinski definition) is 0. The van der Waals surface area contributed by atoms with Crippen molar-refractivity contribution in [2.45, 2.75) is 52.7 Å². The molecular weight excluding hydrogens is 348 g/mol. The second-order valence-electron chi connectivity index (χ2n) is 7.35. The van der Waals surface area contributed by atoms with Gasteiger partial charge in [0.05, 0.1) is 0 Å². The van der Waals surface area contributed by atoms with E-state index in [1.807, 2.05) is 52.0 Å². The molecule has 0 fully saturated rings. The third-order valence-corrected chi connectivity index (χ3v) is 3.80. The van der Waals surface area contributed by atoms with E-state index in [9.17, 15) is 4.79 Å². The Labute approximate surface area is 156 Å². The maximum absolute atomic E-state index is 12.1. The van der Waals surface area contributed by atoms with Gasteiger partial charge in [-0.1, -0.05) is 55.8 Å². The molecule has 0 spiro atoms.